The zero-order valence-corrected chi connectivity index (χ0v) is 12.6. The first-order valence-corrected chi connectivity index (χ1v) is 6.45. The molecule has 0 aromatic rings. The summed E-state index contributed by atoms with van der Waals surface area (Å²) >= 11 is 0. The molecule has 0 N–H and O–H groups in total. The van der Waals surface area contributed by atoms with E-state index in [4.69, 9.17) is 18.9 Å². The third kappa shape index (κ3) is 5.71. The Morgan fingerprint density at radius 3 is 1.95 bits per heavy atom. The number of hydrogen-bond acceptors (Lipinski definition) is 6. The number of ether oxygens (including phenoxy) is 4. The standard InChI is InChI=1S/C14H22O6/c1-9(13-17-7-14(4,5)8-18-13)6-12(19-10(2)15)20-11(3)16/h6,12-13H,7-8H2,1-5H3. The van der Waals surface area contributed by atoms with E-state index in [0.29, 0.717) is 18.8 Å². The van der Waals surface area contributed by atoms with E-state index in [1.54, 1.807) is 6.92 Å². The van der Waals surface area contributed by atoms with Crippen LogP contribution in [0.5, 0.6) is 0 Å². The highest BCUT2D eigenvalue weighted by Crippen LogP contribution is 2.26. The normalized spacial score (nSPS) is 19.8. The van der Waals surface area contributed by atoms with Gasteiger partial charge in [-0.25, -0.2) is 0 Å². The highest BCUT2D eigenvalue weighted by atomic mass is 16.7. The molecule has 0 aromatic carbocycles. The van der Waals surface area contributed by atoms with Crippen LogP contribution in [0.3, 0.4) is 0 Å². The number of esters is 2. The number of rotatable bonds is 4. The molecule has 0 aliphatic carbocycles. The second-order valence-electron chi connectivity index (χ2n) is 5.62. The quantitative estimate of drug-likeness (QED) is 0.446. The maximum absolute atomic E-state index is 11.0. The lowest BCUT2D eigenvalue weighted by atomic mass is 9.95. The molecule has 0 bridgehead atoms. The topological polar surface area (TPSA) is 71.1 Å². The van der Waals surface area contributed by atoms with Gasteiger partial charge < -0.3 is 18.9 Å². The summed E-state index contributed by atoms with van der Waals surface area (Å²) < 4.78 is 21.0. The van der Waals surface area contributed by atoms with Gasteiger partial charge in [0.25, 0.3) is 6.29 Å². The third-order valence-electron chi connectivity index (χ3n) is 2.59. The molecule has 0 aromatic heterocycles. The Hall–Kier alpha value is -1.40. The second kappa shape index (κ2) is 6.85. The minimum Gasteiger partial charge on any atom is -0.421 e. The molecule has 0 spiro atoms. The predicted molar refractivity (Wildman–Crippen MR) is 70.6 cm³/mol. The van der Waals surface area contributed by atoms with Crippen molar-refractivity contribution in [2.45, 2.75) is 47.2 Å². The van der Waals surface area contributed by atoms with Crippen LogP contribution in [0.15, 0.2) is 11.6 Å². The Morgan fingerprint density at radius 2 is 1.55 bits per heavy atom. The fraction of sp³-hybridized carbons (Fsp3) is 0.714. The molecule has 1 fully saturated rings. The Labute approximate surface area is 119 Å². The lowest BCUT2D eigenvalue weighted by Gasteiger charge is -2.35. The van der Waals surface area contributed by atoms with Crippen LogP contribution in [0.2, 0.25) is 0 Å². The molecule has 0 amide bonds. The van der Waals surface area contributed by atoms with Gasteiger partial charge >= 0.3 is 11.9 Å². The van der Waals surface area contributed by atoms with Crippen molar-refractivity contribution in [2.24, 2.45) is 5.41 Å². The van der Waals surface area contributed by atoms with Crippen molar-refractivity contribution in [1.29, 1.82) is 0 Å². The smallest absolute Gasteiger partial charge is 0.305 e. The van der Waals surface area contributed by atoms with Gasteiger partial charge in [0.05, 0.1) is 13.2 Å². The minimum atomic E-state index is -1.06. The highest BCUT2D eigenvalue weighted by Gasteiger charge is 2.29. The Morgan fingerprint density at radius 1 is 1.10 bits per heavy atom. The Bertz CT molecular complexity index is 372. The van der Waals surface area contributed by atoms with Crippen molar-refractivity contribution in [2.75, 3.05) is 13.2 Å². The fourth-order valence-corrected chi connectivity index (χ4v) is 1.67. The van der Waals surface area contributed by atoms with Crippen molar-refractivity contribution in [1.82, 2.24) is 0 Å². The summed E-state index contributed by atoms with van der Waals surface area (Å²) in [7, 11) is 0. The van der Waals surface area contributed by atoms with Crippen molar-refractivity contribution in [3.8, 4) is 0 Å². The molecule has 1 aliphatic rings. The maximum atomic E-state index is 11.0. The fourth-order valence-electron chi connectivity index (χ4n) is 1.67. The number of carbonyl (C=O) groups is 2. The lowest BCUT2D eigenvalue weighted by Crippen LogP contribution is -2.38. The van der Waals surface area contributed by atoms with Crippen LogP contribution in [0.25, 0.3) is 0 Å². The molecule has 1 aliphatic heterocycles. The zero-order valence-electron chi connectivity index (χ0n) is 12.6. The van der Waals surface area contributed by atoms with E-state index < -0.39 is 24.5 Å². The summed E-state index contributed by atoms with van der Waals surface area (Å²) in [5.41, 5.74) is 0.662. The number of hydrogen-bond donors (Lipinski definition) is 0. The maximum Gasteiger partial charge on any atom is 0.305 e. The van der Waals surface area contributed by atoms with Crippen molar-refractivity contribution < 1.29 is 28.5 Å². The van der Waals surface area contributed by atoms with Gasteiger partial charge in [0, 0.05) is 25.3 Å². The molecule has 1 saturated heterocycles. The average molecular weight is 286 g/mol. The third-order valence-corrected chi connectivity index (χ3v) is 2.59. The van der Waals surface area contributed by atoms with Gasteiger partial charge in [0.1, 0.15) is 0 Å². The van der Waals surface area contributed by atoms with Crippen molar-refractivity contribution in [3.05, 3.63) is 11.6 Å². The van der Waals surface area contributed by atoms with E-state index in [0.717, 1.165) is 0 Å². The van der Waals surface area contributed by atoms with Gasteiger partial charge in [0.2, 0.25) is 0 Å². The van der Waals surface area contributed by atoms with Crippen LogP contribution in [-0.4, -0.2) is 37.7 Å². The monoisotopic (exact) mass is 286 g/mol. The Kier molecular flexibility index (Phi) is 5.71. The van der Waals surface area contributed by atoms with E-state index in [2.05, 4.69) is 0 Å². The number of carbonyl (C=O) groups excluding carboxylic acids is 2. The van der Waals surface area contributed by atoms with Crippen molar-refractivity contribution in [3.63, 3.8) is 0 Å². The summed E-state index contributed by atoms with van der Waals surface area (Å²) in [6, 6.07) is 0. The van der Waals surface area contributed by atoms with Crippen molar-refractivity contribution >= 4 is 11.9 Å². The van der Waals surface area contributed by atoms with E-state index in [1.807, 2.05) is 13.8 Å². The van der Waals surface area contributed by atoms with E-state index in [9.17, 15) is 9.59 Å². The molecular weight excluding hydrogens is 264 g/mol. The molecule has 114 valence electrons. The molecule has 0 radical (unpaired) electrons. The van der Waals surface area contributed by atoms with Crippen LogP contribution < -0.4 is 0 Å². The van der Waals surface area contributed by atoms with Gasteiger partial charge in [-0.1, -0.05) is 13.8 Å². The SMILES string of the molecule is CC(=O)OC(C=C(C)C1OCC(C)(C)CO1)OC(C)=O. The molecule has 6 heteroatoms. The lowest BCUT2D eigenvalue weighted by molar-refractivity contribution is -0.204. The molecule has 0 unspecified atom stereocenters. The van der Waals surface area contributed by atoms with Gasteiger partial charge in [-0.3, -0.25) is 9.59 Å². The summed E-state index contributed by atoms with van der Waals surface area (Å²) in [6.45, 7) is 9.48. The summed E-state index contributed by atoms with van der Waals surface area (Å²) in [6.07, 6.45) is -0.0741. The predicted octanol–water partition coefficient (Wildman–Crippen LogP) is 1.78. The first-order valence-electron chi connectivity index (χ1n) is 6.45. The summed E-state index contributed by atoms with van der Waals surface area (Å²) in [4.78, 5) is 21.9. The van der Waals surface area contributed by atoms with Crippen LogP contribution in [0.4, 0.5) is 0 Å². The van der Waals surface area contributed by atoms with Crippen LogP contribution >= 0.6 is 0 Å². The summed E-state index contributed by atoms with van der Waals surface area (Å²) in [5, 5.41) is 0. The van der Waals surface area contributed by atoms with Gasteiger partial charge in [-0.2, -0.15) is 0 Å². The molecule has 1 heterocycles. The van der Waals surface area contributed by atoms with Crippen LogP contribution in [0.1, 0.15) is 34.6 Å². The molecular formula is C14H22O6. The molecule has 1 rings (SSSR count). The highest BCUT2D eigenvalue weighted by molar-refractivity contribution is 5.68. The van der Waals surface area contributed by atoms with Crippen LogP contribution in [0, 0.1) is 5.41 Å². The minimum absolute atomic E-state index is 0.0258. The first kappa shape index (κ1) is 16.7. The van der Waals surface area contributed by atoms with Crippen LogP contribution in [-0.2, 0) is 28.5 Å². The molecule has 6 nitrogen and oxygen atoms in total. The first-order chi connectivity index (χ1) is 9.19. The van der Waals surface area contributed by atoms with Gasteiger partial charge in [-0.05, 0) is 12.5 Å². The average Bonchev–Trinajstić information content (AvgIpc) is 2.26. The molecule has 20 heavy (non-hydrogen) atoms. The second-order valence-corrected chi connectivity index (χ2v) is 5.62. The summed E-state index contributed by atoms with van der Waals surface area (Å²) in [5.74, 6) is -1.07. The Balaban J connectivity index is 2.68. The largest absolute Gasteiger partial charge is 0.421 e. The van der Waals surface area contributed by atoms with Gasteiger partial charge in [-0.15, -0.1) is 0 Å². The zero-order chi connectivity index (χ0) is 15.3. The van der Waals surface area contributed by atoms with E-state index >= 15 is 0 Å². The van der Waals surface area contributed by atoms with E-state index in [-0.39, 0.29) is 5.41 Å². The van der Waals surface area contributed by atoms with E-state index in [1.165, 1.54) is 19.9 Å². The molecule has 0 atom stereocenters. The van der Waals surface area contributed by atoms with Gasteiger partial charge in [0.15, 0.2) is 6.29 Å². The molecule has 0 saturated carbocycles.